The first-order valence-electron chi connectivity index (χ1n) is 4.62. The topological polar surface area (TPSA) is 48.7 Å². The lowest BCUT2D eigenvalue weighted by atomic mass is 10.4. The van der Waals surface area contributed by atoms with Gasteiger partial charge in [0, 0.05) is 15.5 Å². The number of nitrogens with zero attached hydrogens (tertiary/aromatic N) is 2. The Balaban J connectivity index is 1.97. The fourth-order valence-corrected chi connectivity index (χ4v) is 2.17. The maximum Gasteiger partial charge on any atom is 0.126 e. The third-order valence-corrected chi connectivity index (χ3v) is 3.40. The zero-order valence-electron chi connectivity index (χ0n) is 8.27. The number of pyridine rings is 1. The predicted molar refractivity (Wildman–Crippen MR) is 68.3 cm³/mol. The highest BCUT2D eigenvalue weighted by Gasteiger charge is 1.99. The largest absolute Gasteiger partial charge is 0.365 e. The molecule has 3 nitrogen and oxygen atoms in total. The van der Waals surface area contributed by atoms with E-state index in [0.29, 0.717) is 6.54 Å². The van der Waals surface area contributed by atoms with Gasteiger partial charge in [-0.05, 0) is 40.2 Å². The summed E-state index contributed by atoms with van der Waals surface area (Å²) >= 11 is 4.82. The Morgan fingerprint density at radius 2 is 2.25 bits per heavy atom. The summed E-state index contributed by atoms with van der Waals surface area (Å²) in [5.41, 5.74) is 0. The van der Waals surface area contributed by atoms with Gasteiger partial charge >= 0.3 is 0 Å². The van der Waals surface area contributed by atoms with Crippen LogP contribution in [0.1, 0.15) is 9.75 Å². The predicted octanol–water partition coefficient (Wildman–Crippen LogP) is 3.39. The molecule has 0 bridgehead atoms. The second-order valence-corrected chi connectivity index (χ2v) is 5.18. The van der Waals surface area contributed by atoms with Gasteiger partial charge in [0.15, 0.2) is 0 Å². The van der Waals surface area contributed by atoms with E-state index in [1.54, 1.807) is 6.20 Å². The smallest absolute Gasteiger partial charge is 0.126 e. The van der Waals surface area contributed by atoms with Crippen molar-refractivity contribution >= 4 is 33.1 Å². The quantitative estimate of drug-likeness (QED) is 0.944. The number of aromatic nitrogens is 1. The zero-order chi connectivity index (χ0) is 11.4. The molecule has 0 spiro atoms. The van der Waals surface area contributed by atoms with Gasteiger partial charge in [-0.3, -0.25) is 0 Å². The Kier molecular flexibility index (Phi) is 3.54. The van der Waals surface area contributed by atoms with Crippen LogP contribution in [0.15, 0.2) is 34.9 Å². The minimum Gasteiger partial charge on any atom is -0.365 e. The summed E-state index contributed by atoms with van der Waals surface area (Å²) in [6, 6.07) is 9.75. The van der Waals surface area contributed by atoms with E-state index in [1.807, 2.05) is 24.3 Å². The first kappa shape index (κ1) is 11.1. The average molecular weight is 294 g/mol. The SMILES string of the molecule is N#Cc1ccc(CNc2ccc(Br)cn2)s1. The molecule has 2 aromatic heterocycles. The molecule has 0 atom stereocenters. The Bertz CT molecular complexity index is 513. The summed E-state index contributed by atoms with van der Waals surface area (Å²) in [5.74, 6) is 0.829. The summed E-state index contributed by atoms with van der Waals surface area (Å²) < 4.78 is 0.959. The van der Waals surface area contributed by atoms with Crippen LogP contribution in [0.4, 0.5) is 5.82 Å². The number of hydrogen-bond acceptors (Lipinski definition) is 4. The molecule has 0 aliphatic rings. The van der Waals surface area contributed by atoms with Crippen molar-refractivity contribution in [1.29, 1.82) is 5.26 Å². The van der Waals surface area contributed by atoms with Crippen LogP contribution in [0.25, 0.3) is 0 Å². The minimum atomic E-state index is 0.695. The molecule has 0 aliphatic carbocycles. The number of rotatable bonds is 3. The van der Waals surface area contributed by atoms with Crippen molar-refractivity contribution in [3.05, 3.63) is 44.7 Å². The molecule has 0 aromatic carbocycles. The maximum atomic E-state index is 8.69. The lowest BCUT2D eigenvalue weighted by Gasteiger charge is -2.02. The summed E-state index contributed by atoms with van der Waals surface area (Å²) in [6.07, 6.45) is 1.75. The Labute approximate surface area is 106 Å². The first-order valence-corrected chi connectivity index (χ1v) is 6.23. The number of nitriles is 1. The minimum absolute atomic E-state index is 0.695. The van der Waals surface area contributed by atoms with E-state index in [9.17, 15) is 0 Å². The van der Waals surface area contributed by atoms with Crippen molar-refractivity contribution in [2.24, 2.45) is 0 Å². The molecule has 80 valence electrons. The second-order valence-electron chi connectivity index (χ2n) is 3.09. The molecule has 16 heavy (non-hydrogen) atoms. The van der Waals surface area contributed by atoms with Gasteiger partial charge in [0.25, 0.3) is 0 Å². The standard InChI is InChI=1S/C11H8BrN3S/c12-8-1-4-11(14-6-8)15-7-10-3-2-9(5-13)16-10/h1-4,6H,7H2,(H,14,15). The molecule has 0 radical (unpaired) electrons. The van der Waals surface area contributed by atoms with Gasteiger partial charge < -0.3 is 5.32 Å². The van der Waals surface area contributed by atoms with E-state index in [1.165, 1.54) is 11.3 Å². The highest BCUT2D eigenvalue weighted by Crippen LogP contribution is 2.17. The molecule has 0 fully saturated rings. The molecule has 0 amide bonds. The second kappa shape index (κ2) is 5.10. The summed E-state index contributed by atoms with van der Waals surface area (Å²) in [6.45, 7) is 0.695. The zero-order valence-corrected chi connectivity index (χ0v) is 10.7. The van der Waals surface area contributed by atoms with E-state index in [0.717, 1.165) is 20.0 Å². The number of halogens is 1. The maximum absolute atomic E-state index is 8.69. The van der Waals surface area contributed by atoms with Crippen LogP contribution in [0.5, 0.6) is 0 Å². The van der Waals surface area contributed by atoms with Crippen LogP contribution in [-0.4, -0.2) is 4.98 Å². The van der Waals surface area contributed by atoms with Gasteiger partial charge in [-0.25, -0.2) is 4.98 Å². The number of nitrogens with one attached hydrogen (secondary N) is 1. The van der Waals surface area contributed by atoms with Gasteiger partial charge in [-0.1, -0.05) is 0 Å². The van der Waals surface area contributed by atoms with Crippen LogP contribution >= 0.6 is 27.3 Å². The molecular weight excluding hydrogens is 286 g/mol. The van der Waals surface area contributed by atoms with Crippen LogP contribution < -0.4 is 5.32 Å². The number of anilines is 1. The lowest BCUT2D eigenvalue weighted by molar-refractivity contribution is 1.14. The van der Waals surface area contributed by atoms with Crippen molar-refractivity contribution in [3.8, 4) is 6.07 Å². The normalized spacial score (nSPS) is 9.75. The van der Waals surface area contributed by atoms with Gasteiger partial charge in [-0.15, -0.1) is 11.3 Å². The Hall–Kier alpha value is -1.38. The Morgan fingerprint density at radius 1 is 1.38 bits per heavy atom. The van der Waals surface area contributed by atoms with E-state index in [2.05, 4.69) is 32.3 Å². The van der Waals surface area contributed by atoms with Gasteiger partial charge in [0.1, 0.15) is 16.8 Å². The molecule has 2 aromatic rings. The van der Waals surface area contributed by atoms with Crippen molar-refractivity contribution in [1.82, 2.24) is 4.98 Å². The van der Waals surface area contributed by atoms with Crippen LogP contribution in [0.3, 0.4) is 0 Å². The molecule has 0 saturated heterocycles. The van der Waals surface area contributed by atoms with Crippen molar-refractivity contribution in [2.45, 2.75) is 6.54 Å². The molecular formula is C11H8BrN3S. The van der Waals surface area contributed by atoms with Gasteiger partial charge in [0.2, 0.25) is 0 Å². The third kappa shape index (κ3) is 2.81. The van der Waals surface area contributed by atoms with Crippen molar-refractivity contribution in [3.63, 3.8) is 0 Å². The van der Waals surface area contributed by atoms with Crippen molar-refractivity contribution < 1.29 is 0 Å². The first-order chi connectivity index (χ1) is 7.78. The molecule has 2 heterocycles. The highest BCUT2D eigenvalue weighted by atomic mass is 79.9. The van der Waals surface area contributed by atoms with E-state index in [-0.39, 0.29) is 0 Å². The van der Waals surface area contributed by atoms with Gasteiger partial charge in [0.05, 0.1) is 6.54 Å². The number of thiophene rings is 1. The molecule has 2 rings (SSSR count). The van der Waals surface area contributed by atoms with Gasteiger partial charge in [-0.2, -0.15) is 5.26 Å². The lowest BCUT2D eigenvalue weighted by Crippen LogP contribution is -1.98. The summed E-state index contributed by atoms with van der Waals surface area (Å²) in [4.78, 5) is 6.06. The number of hydrogen-bond donors (Lipinski definition) is 1. The van der Waals surface area contributed by atoms with E-state index < -0.39 is 0 Å². The third-order valence-electron chi connectivity index (χ3n) is 1.94. The fourth-order valence-electron chi connectivity index (χ4n) is 1.19. The van der Waals surface area contributed by atoms with E-state index >= 15 is 0 Å². The van der Waals surface area contributed by atoms with Crippen molar-refractivity contribution in [2.75, 3.05) is 5.32 Å². The van der Waals surface area contributed by atoms with Crippen LogP contribution in [0.2, 0.25) is 0 Å². The molecule has 5 heteroatoms. The van der Waals surface area contributed by atoms with Crippen LogP contribution in [0, 0.1) is 11.3 Å². The van der Waals surface area contributed by atoms with Crippen LogP contribution in [-0.2, 0) is 6.54 Å². The fraction of sp³-hybridized carbons (Fsp3) is 0.0909. The molecule has 1 N–H and O–H groups in total. The highest BCUT2D eigenvalue weighted by molar-refractivity contribution is 9.10. The molecule has 0 unspecified atom stereocenters. The summed E-state index contributed by atoms with van der Waals surface area (Å²) in [5, 5.41) is 11.9. The monoisotopic (exact) mass is 293 g/mol. The average Bonchev–Trinajstić information content (AvgIpc) is 2.76. The summed E-state index contributed by atoms with van der Waals surface area (Å²) in [7, 11) is 0. The Morgan fingerprint density at radius 3 is 2.88 bits per heavy atom. The molecule has 0 aliphatic heterocycles. The van der Waals surface area contributed by atoms with E-state index in [4.69, 9.17) is 5.26 Å². The molecule has 0 saturated carbocycles.